The molecule has 2 aromatic carbocycles. The van der Waals surface area contributed by atoms with Crippen LogP contribution >= 0.6 is 27.5 Å². The van der Waals surface area contributed by atoms with Crippen LogP contribution in [0.25, 0.3) is 0 Å². The first kappa shape index (κ1) is 16.0. The van der Waals surface area contributed by atoms with Crippen molar-refractivity contribution in [1.29, 1.82) is 0 Å². The molecule has 0 aliphatic heterocycles. The predicted octanol–water partition coefficient (Wildman–Crippen LogP) is 3.76. The summed E-state index contributed by atoms with van der Waals surface area (Å²) in [6.07, 6.45) is 0. The number of hydrogen-bond donors (Lipinski definition) is 2. The molecule has 0 spiro atoms. The summed E-state index contributed by atoms with van der Waals surface area (Å²) in [5.74, 6) is -1.92. The van der Waals surface area contributed by atoms with Crippen LogP contribution in [0.15, 0.2) is 39.7 Å². The fraction of sp³-hybridized carbons (Fsp3) is 0. The predicted molar refractivity (Wildman–Crippen MR) is 80.7 cm³/mol. The Morgan fingerprint density at radius 2 is 1.86 bits per heavy atom. The van der Waals surface area contributed by atoms with Gasteiger partial charge in [0, 0.05) is 6.07 Å². The van der Waals surface area contributed by atoms with E-state index < -0.39 is 27.3 Å². The summed E-state index contributed by atoms with van der Waals surface area (Å²) >= 11 is 8.66. The molecule has 0 saturated heterocycles. The van der Waals surface area contributed by atoms with E-state index in [1.165, 1.54) is 18.2 Å². The second-order valence-electron chi connectivity index (χ2n) is 4.01. The van der Waals surface area contributed by atoms with Crippen molar-refractivity contribution >= 4 is 48.9 Å². The number of sulfonamides is 1. The standard InChI is InChI=1S/C12H8BrClF2N2O2S/c13-6-4-11(9(16)5-8(6)15)18-21(19,20)12-7(14)2-1-3-10(12)17/h1-5,18H,17H2. The molecule has 0 heterocycles. The van der Waals surface area contributed by atoms with Gasteiger partial charge in [0.25, 0.3) is 10.0 Å². The van der Waals surface area contributed by atoms with Crippen molar-refractivity contribution in [2.75, 3.05) is 10.5 Å². The molecule has 3 N–H and O–H groups in total. The van der Waals surface area contributed by atoms with Gasteiger partial charge in [-0.2, -0.15) is 0 Å². The van der Waals surface area contributed by atoms with Crippen molar-refractivity contribution in [3.63, 3.8) is 0 Å². The number of rotatable bonds is 3. The lowest BCUT2D eigenvalue weighted by Crippen LogP contribution is -2.16. The molecule has 0 bridgehead atoms. The molecule has 0 aromatic heterocycles. The lowest BCUT2D eigenvalue weighted by Gasteiger charge is -2.12. The molecule has 21 heavy (non-hydrogen) atoms. The third-order valence-corrected chi connectivity index (χ3v) is 5.04. The van der Waals surface area contributed by atoms with Gasteiger partial charge in [-0.25, -0.2) is 17.2 Å². The SMILES string of the molecule is Nc1cccc(Cl)c1S(=O)(=O)Nc1cc(Br)c(F)cc1F. The number of nitrogen functional groups attached to an aromatic ring is 1. The van der Waals surface area contributed by atoms with Gasteiger partial charge in [-0.3, -0.25) is 4.72 Å². The molecule has 9 heteroatoms. The van der Waals surface area contributed by atoms with Crippen LogP contribution < -0.4 is 10.5 Å². The monoisotopic (exact) mass is 396 g/mol. The maximum Gasteiger partial charge on any atom is 0.265 e. The molecular formula is C12H8BrClF2N2O2S. The lowest BCUT2D eigenvalue weighted by atomic mass is 10.3. The Morgan fingerprint density at radius 3 is 2.48 bits per heavy atom. The first-order valence-electron chi connectivity index (χ1n) is 5.43. The van der Waals surface area contributed by atoms with Crippen molar-refractivity contribution in [1.82, 2.24) is 0 Å². The quantitative estimate of drug-likeness (QED) is 0.612. The zero-order chi connectivity index (χ0) is 15.8. The normalized spacial score (nSPS) is 11.4. The van der Waals surface area contributed by atoms with E-state index in [2.05, 4.69) is 15.9 Å². The fourth-order valence-corrected chi connectivity index (χ4v) is 3.69. The van der Waals surface area contributed by atoms with E-state index in [1.54, 1.807) is 0 Å². The Labute approximate surface area is 133 Å². The van der Waals surface area contributed by atoms with Crippen molar-refractivity contribution in [3.05, 3.63) is 51.5 Å². The number of nitrogens with one attached hydrogen (secondary N) is 1. The van der Waals surface area contributed by atoms with Gasteiger partial charge in [0.2, 0.25) is 0 Å². The van der Waals surface area contributed by atoms with Crippen LogP contribution in [0.2, 0.25) is 5.02 Å². The second kappa shape index (κ2) is 5.78. The van der Waals surface area contributed by atoms with Crippen molar-refractivity contribution in [2.45, 2.75) is 4.90 Å². The number of nitrogens with two attached hydrogens (primary N) is 1. The average molecular weight is 398 g/mol. The fourth-order valence-electron chi connectivity index (χ4n) is 1.61. The minimum Gasteiger partial charge on any atom is -0.398 e. The van der Waals surface area contributed by atoms with Crippen molar-refractivity contribution in [2.24, 2.45) is 0 Å². The third kappa shape index (κ3) is 3.28. The molecule has 0 fully saturated rings. The second-order valence-corrected chi connectivity index (χ2v) is 6.89. The van der Waals surface area contributed by atoms with Crippen LogP contribution in [0.4, 0.5) is 20.2 Å². The molecule has 112 valence electrons. The number of benzene rings is 2. The number of anilines is 2. The van der Waals surface area contributed by atoms with Gasteiger partial charge in [-0.1, -0.05) is 17.7 Å². The zero-order valence-electron chi connectivity index (χ0n) is 10.2. The van der Waals surface area contributed by atoms with Gasteiger partial charge in [-0.15, -0.1) is 0 Å². The highest BCUT2D eigenvalue weighted by atomic mass is 79.9. The summed E-state index contributed by atoms with van der Waals surface area (Å²) in [7, 11) is -4.22. The summed E-state index contributed by atoms with van der Waals surface area (Å²) in [6, 6.07) is 5.68. The van der Waals surface area contributed by atoms with E-state index in [4.69, 9.17) is 17.3 Å². The Kier molecular flexibility index (Phi) is 4.40. The Balaban J connectivity index is 2.50. The van der Waals surface area contributed by atoms with E-state index >= 15 is 0 Å². The van der Waals surface area contributed by atoms with E-state index in [9.17, 15) is 17.2 Å². The molecule has 4 nitrogen and oxygen atoms in total. The molecule has 0 aliphatic rings. The first-order valence-corrected chi connectivity index (χ1v) is 8.09. The lowest BCUT2D eigenvalue weighted by molar-refractivity contribution is 0.579. The largest absolute Gasteiger partial charge is 0.398 e. The molecule has 2 aromatic rings. The van der Waals surface area contributed by atoms with Gasteiger partial charge in [-0.05, 0) is 34.1 Å². The van der Waals surface area contributed by atoms with Crippen LogP contribution in [0, 0.1) is 11.6 Å². The maximum atomic E-state index is 13.6. The van der Waals surface area contributed by atoms with Crippen LogP contribution in [0.5, 0.6) is 0 Å². The average Bonchev–Trinajstić information content (AvgIpc) is 2.35. The van der Waals surface area contributed by atoms with E-state index in [0.717, 1.165) is 6.07 Å². The highest BCUT2D eigenvalue weighted by molar-refractivity contribution is 9.10. The summed E-state index contributed by atoms with van der Waals surface area (Å²) < 4.78 is 53.1. The van der Waals surface area contributed by atoms with E-state index in [-0.39, 0.29) is 20.1 Å². The summed E-state index contributed by atoms with van der Waals surface area (Å²) in [4.78, 5) is -0.369. The number of hydrogen-bond acceptors (Lipinski definition) is 3. The molecule has 0 amide bonds. The minimum absolute atomic E-state index is 0.0865. The van der Waals surface area contributed by atoms with Gasteiger partial charge in [0.05, 0.1) is 20.9 Å². The molecular weight excluding hydrogens is 390 g/mol. The van der Waals surface area contributed by atoms with Crippen LogP contribution in [0.3, 0.4) is 0 Å². The smallest absolute Gasteiger partial charge is 0.265 e. The summed E-state index contributed by atoms with van der Waals surface area (Å²) in [5, 5.41) is -0.107. The summed E-state index contributed by atoms with van der Waals surface area (Å²) in [6.45, 7) is 0. The topological polar surface area (TPSA) is 72.2 Å². The molecule has 0 unspecified atom stereocenters. The molecule has 0 aliphatic carbocycles. The van der Waals surface area contributed by atoms with Crippen LogP contribution in [-0.2, 0) is 10.0 Å². The maximum absolute atomic E-state index is 13.6. The molecule has 0 atom stereocenters. The summed E-state index contributed by atoms with van der Waals surface area (Å²) in [5.41, 5.74) is 5.07. The zero-order valence-corrected chi connectivity index (χ0v) is 13.4. The highest BCUT2D eigenvalue weighted by Gasteiger charge is 2.23. The van der Waals surface area contributed by atoms with Crippen LogP contribution in [0.1, 0.15) is 0 Å². The third-order valence-electron chi connectivity index (χ3n) is 2.52. The Bertz CT molecular complexity index is 795. The van der Waals surface area contributed by atoms with Crippen molar-refractivity contribution < 1.29 is 17.2 Å². The van der Waals surface area contributed by atoms with Crippen molar-refractivity contribution in [3.8, 4) is 0 Å². The molecule has 0 radical (unpaired) electrons. The highest BCUT2D eigenvalue weighted by Crippen LogP contribution is 2.31. The van der Waals surface area contributed by atoms with Gasteiger partial charge in [0.15, 0.2) is 0 Å². The number of halogens is 4. The molecule has 0 saturated carbocycles. The van der Waals surface area contributed by atoms with Crippen LogP contribution in [-0.4, -0.2) is 8.42 Å². The Hall–Kier alpha value is -1.38. The van der Waals surface area contributed by atoms with Gasteiger partial charge < -0.3 is 5.73 Å². The van der Waals surface area contributed by atoms with Gasteiger partial charge >= 0.3 is 0 Å². The van der Waals surface area contributed by atoms with E-state index in [1.807, 2.05) is 4.72 Å². The Morgan fingerprint density at radius 1 is 1.19 bits per heavy atom. The van der Waals surface area contributed by atoms with E-state index in [0.29, 0.717) is 6.07 Å². The van der Waals surface area contributed by atoms with Gasteiger partial charge in [0.1, 0.15) is 16.5 Å². The first-order chi connectivity index (χ1) is 9.72. The molecule has 2 rings (SSSR count). The minimum atomic E-state index is -4.22.